The van der Waals surface area contributed by atoms with Crippen LogP contribution >= 0.6 is 0 Å². The Bertz CT molecular complexity index is 231. The first kappa shape index (κ1) is 13.6. The van der Waals surface area contributed by atoms with E-state index in [9.17, 15) is 8.78 Å². The number of halogens is 2. The third-order valence-corrected chi connectivity index (χ3v) is 3.43. The SMILES string of the molecule is C=C(C)CCC(NN)C1CCC(F)(F)CC1. The lowest BCUT2D eigenvalue weighted by molar-refractivity contribution is -0.0498. The van der Waals surface area contributed by atoms with Crippen molar-refractivity contribution in [2.45, 2.75) is 57.4 Å². The van der Waals surface area contributed by atoms with E-state index in [0.29, 0.717) is 12.8 Å². The smallest absolute Gasteiger partial charge is 0.248 e. The summed E-state index contributed by atoms with van der Waals surface area (Å²) in [7, 11) is 0. The summed E-state index contributed by atoms with van der Waals surface area (Å²) in [4.78, 5) is 0. The standard InChI is InChI=1S/C12H22F2N2/c1-9(2)3-4-11(16-15)10-5-7-12(13,14)8-6-10/h10-11,16H,1,3-8,15H2,2H3. The van der Waals surface area contributed by atoms with Crippen LogP contribution in [0.25, 0.3) is 0 Å². The summed E-state index contributed by atoms with van der Waals surface area (Å²) in [6, 6.07) is 0.146. The number of nitrogens with two attached hydrogens (primary N) is 1. The molecule has 0 aromatic carbocycles. The molecule has 1 fully saturated rings. The minimum atomic E-state index is -2.45. The van der Waals surface area contributed by atoms with Gasteiger partial charge in [-0.1, -0.05) is 5.57 Å². The summed E-state index contributed by atoms with van der Waals surface area (Å²) in [6.07, 6.45) is 2.94. The number of hydrogen-bond donors (Lipinski definition) is 2. The van der Waals surface area contributed by atoms with Crippen LogP contribution in [-0.2, 0) is 0 Å². The van der Waals surface area contributed by atoms with Crippen LogP contribution in [0.15, 0.2) is 12.2 Å². The number of hydrazine groups is 1. The Morgan fingerprint density at radius 3 is 2.50 bits per heavy atom. The molecule has 0 aliphatic heterocycles. The van der Waals surface area contributed by atoms with Crippen molar-refractivity contribution in [3.05, 3.63) is 12.2 Å². The Morgan fingerprint density at radius 2 is 2.06 bits per heavy atom. The molecule has 16 heavy (non-hydrogen) atoms. The molecule has 0 aromatic rings. The van der Waals surface area contributed by atoms with Crippen LogP contribution in [0, 0.1) is 5.92 Å². The van der Waals surface area contributed by atoms with E-state index in [4.69, 9.17) is 5.84 Å². The summed E-state index contributed by atoms with van der Waals surface area (Å²) in [5.41, 5.74) is 3.88. The van der Waals surface area contributed by atoms with Gasteiger partial charge < -0.3 is 0 Å². The van der Waals surface area contributed by atoms with Gasteiger partial charge in [0, 0.05) is 18.9 Å². The fourth-order valence-electron chi connectivity index (χ4n) is 2.32. The average molecular weight is 232 g/mol. The van der Waals surface area contributed by atoms with Gasteiger partial charge in [-0.15, -0.1) is 6.58 Å². The van der Waals surface area contributed by atoms with Crippen LogP contribution in [0.4, 0.5) is 8.78 Å². The van der Waals surface area contributed by atoms with Gasteiger partial charge in [-0.3, -0.25) is 11.3 Å². The first-order valence-corrected chi connectivity index (χ1v) is 5.93. The van der Waals surface area contributed by atoms with Crippen molar-refractivity contribution in [2.75, 3.05) is 0 Å². The molecule has 0 spiro atoms. The molecule has 0 heterocycles. The minimum Gasteiger partial charge on any atom is -0.271 e. The minimum absolute atomic E-state index is 0.00289. The molecule has 2 nitrogen and oxygen atoms in total. The zero-order chi connectivity index (χ0) is 12.2. The molecule has 1 saturated carbocycles. The summed E-state index contributed by atoms with van der Waals surface area (Å²) in [5, 5.41) is 0. The summed E-state index contributed by atoms with van der Waals surface area (Å²) in [6.45, 7) is 5.82. The van der Waals surface area contributed by atoms with Gasteiger partial charge in [-0.2, -0.15) is 0 Å². The predicted molar refractivity (Wildman–Crippen MR) is 62.1 cm³/mol. The van der Waals surface area contributed by atoms with Crippen LogP contribution in [-0.4, -0.2) is 12.0 Å². The molecule has 94 valence electrons. The molecule has 0 amide bonds. The molecule has 1 aliphatic carbocycles. The Morgan fingerprint density at radius 1 is 1.50 bits per heavy atom. The van der Waals surface area contributed by atoms with Crippen LogP contribution in [0.3, 0.4) is 0 Å². The van der Waals surface area contributed by atoms with Gasteiger partial charge in [0.1, 0.15) is 0 Å². The van der Waals surface area contributed by atoms with E-state index < -0.39 is 5.92 Å². The van der Waals surface area contributed by atoms with E-state index in [1.807, 2.05) is 6.92 Å². The fraction of sp³-hybridized carbons (Fsp3) is 0.833. The van der Waals surface area contributed by atoms with Crippen LogP contribution in [0.1, 0.15) is 45.4 Å². The largest absolute Gasteiger partial charge is 0.271 e. The lowest BCUT2D eigenvalue weighted by Gasteiger charge is -2.33. The number of allylic oxidation sites excluding steroid dienone is 1. The maximum Gasteiger partial charge on any atom is 0.248 e. The fourth-order valence-corrected chi connectivity index (χ4v) is 2.32. The highest BCUT2D eigenvalue weighted by Gasteiger charge is 2.37. The monoisotopic (exact) mass is 232 g/mol. The van der Waals surface area contributed by atoms with Crippen LogP contribution < -0.4 is 11.3 Å². The highest BCUT2D eigenvalue weighted by atomic mass is 19.3. The molecule has 0 saturated heterocycles. The van der Waals surface area contributed by atoms with Crippen molar-refractivity contribution in [1.82, 2.24) is 5.43 Å². The first-order valence-electron chi connectivity index (χ1n) is 5.93. The molecule has 4 heteroatoms. The molecule has 0 aromatic heterocycles. The Labute approximate surface area is 96.2 Å². The van der Waals surface area contributed by atoms with Crippen molar-refractivity contribution in [3.63, 3.8) is 0 Å². The molecule has 0 radical (unpaired) electrons. The third-order valence-electron chi connectivity index (χ3n) is 3.43. The lowest BCUT2D eigenvalue weighted by atomic mass is 9.80. The summed E-state index contributed by atoms with van der Waals surface area (Å²) >= 11 is 0. The van der Waals surface area contributed by atoms with E-state index in [2.05, 4.69) is 12.0 Å². The molecule has 1 aliphatic rings. The van der Waals surface area contributed by atoms with Crippen molar-refractivity contribution >= 4 is 0 Å². The Hall–Kier alpha value is -0.480. The second-order valence-corrected chi connectivity index (χ2v) is 4.96. The molecule has 1 atom stereocenters. The van der Waals surface area contributed by atoms with Gasteiger partial charge >= 0.3 is 0 Å². The zero-order valence-corrected chi connectivity index (χ0v) is 9.94. The van der Waals surface area contributed by atoms with Gasteiger partial charge in [-0.05, 0) is 38.5 Å². The second kappa shape index (κ2) is 5.73. The van der Waals surface area contributed by atoms with Crippen molar-refractivity contribution in [1.29, 1.82) is 0 Å². The van der Waals surface area contributed by atoms with Gasteiger partial charge in [0.25, 0.3) is 0 Å². The molecule has 1 unspecified atom stereocenters. The van der Waals surface area contributed by atoms with Gasteiger partial charge in [0.2, 0.25) is 5.92 Å². The second-order valence-electron chi connectivity index (χ2n) is 4.96. The normalized spacial score (nSPS) is 23.0. The van der Waals surface area contributed by atoms with E-state index >= 15 is 0 Å². The first-order chi connectivity index (χ1) is 7.44. The highest BCUT2D eigenvalue weighted by molar-refractivity contribution is 4.91. The lowest BCUT2D eigenvalue weighted by Crippen LogP contribution is -2.43. The van der Waals surface area contributed by atoms with E-state index in [-0.39, 0.29) is 24.8 Å². The topological polar surface area (TPSA) is 38.0 Å². The van der Waals surface area contributed by atoms with E-state index in [1.54, 1.807) is 0 Å². The van der Waals surface area contributed by atoms with Crippen LogP contribution in [0.5, 0.6) is 0 Å². The quantitative estimate of drug-likeness (QED) is 0.434. The summed E-state index contributed by atoms with van der Waals surface area (Å²) < 4.78 is 26.0. The Balaban J connectivity index is 2.39. The highest BCUT2D eigenvalue weighted by Crippen LogP contribution is 2.38. The Kier molecular flexibility index (Phi) is 4.87. The molecule has 0 bridgehead atoms. The van der Waals surface area contributed by atoms with Crippen LogP contribution in [0.2, 0.25) is 0 Å². The van der Waals surface area contributed by atoms with Gasteiger partial charge in [-0.25, -0.2) is 8.78 Å². The maximum atomic E-state index is 13.0. The van der Waals surface area contributed by atoms with Crippen molar-refractivity contribution < 1.29 is 8.78 Å². The third kappa shape index (κ3) is 4.18. The zero-order valence-electron chi connectivity index (χ0n) is 9.94. The molecular weight excluding hydrogens is 210 g/mol. The average Bonchev–Trinajstić information content (AvgIpc) is 2.20. The number of hydrogen-bond acceptors (Lipinski definition) is 2. The van der Waals surface area contributed by atoms with E-state index in [0.717, 1.165) is 18.4 Å². The predicted octanol–water partition coefficient (Wildman–Crippen LogP) is 3.00. The van der Waals surface area contributed by atoms with Crippen molar-refractivity contribution in [2.24, 2.45) is 11.8 Å². The molecule has 1 rings (SSSR count). The molecular formula is C12H22F2N2. The number of alkyl halides is 2. The van der Waals surface area contributed by atoms with Gasteiger partial charge in [0.15, 0.2) is 0 Å². The van der Waals surface area contributed by atoms with Crippen molar-refractivity contribution in [3.8, 4) is 0 Å². The maximum absolute atomic E-state index is 13.0. The number of rotatable bonds is 5. The van der Waals surface area contributed by atoms with Gasteiger partial charge in [0.05, 0.1) is 0 Å². The molecule has 3 N–H and O–H groups in total. The summed E-state index contributed by atoms with van der Waals surface area (Å²) in [5.74, 6) is 3.32. The number of nitrogens with one attached hydrogen (secondary N) is 1. The van der Waals surface area contributed by atoms with E-state index in [1.165, 1.54) is 0 Å².